The Hall–Kier alpha value is -2.91. The summed E-state index contributed by atoms with van der Waals surface area (Å²) in [6.45, 7) is 9.30. The van der Waals surface area contributed by atoms with Crippen LogP contribution >= 0.6 is 11.3 Å². The number of sulfone groups is 1. The number of hydrogen-bond donors (Lipinski definition) is 1. The highest BCUT2D eigenvalue weighted by atomic mass is 32.2. The van der Waals surface area contributed by atoms with Gasteiger partial charge in [0, 0.05) is 62.4 Å². The predicted molar refractivity (Wildman–Crippen MR) is 155 cm³/mol. The molecule has 1 aromatic carbocycles. The lowest BCUT2D eigenvalue weighted by Crippen LogP contribution is -2.52. The van der Waals surface area contributed by atoms with Crippen molar-refractivity contribution in [2.75, 3.05) is 64.5 Å². The molecule has 12 nitrogen and oxygen atoms in total. The number of morpholine rings is 1. The van der Waals surface area contributed by atoms with Crippen LogP contribution in [0.5, 0.6) is 0 Å². The third-order valence-corrected chi connectivity index (χ3v) is 10.6. The van der Waals surface area contributed by atoms with Crippen molar-refractivity contribution in [1.82, 2.24) is 19.8 Å². The number of nitrogens with zero attached hydrogens (tertiary/aromatic N) is 5. The fraction of sp³-hybridized carbons (Fsp3) is 0.556. The van der Waals surface area contributed by atoms with E-state index in [1.807, 2.05) is 11.8 Å². The average Bonchev–Trinajstić information content (AvgIpc) is 3.65. The van der Waals surface area contributed by atoms with Gasteiger partial charge in [0.1, 0.15) is 0 Å². The average molecular weight is 605 g/mol. The lowest BCUT2D eigenvalue weighted by Gasteiger charge is -2.39. The summed E-state index contributed by atoms with van der Waals surface area (Å²) in [6.07, 6.45) is 2.23. The molecule has 0 radical (unpaired) electrons. The molecule has 3 saturated heterocycles. The molecule has 0 spiro atoms. The molecule has 0 aliphatic carbocycles. The summed E-state index contributed by atoms with van der Waals surface area (Å²) in [5, 5.41) is 9.19. The molecule has 2 amide bonds. The monoisotopic (exact) mass is 604 g/mol. The summed E-state index contributed by atoms with van der Waals surface area (Å²) in [5.41, 5.74) is 0.677. The largest absolute Gasteiger partial charge is 0.380 e. The molecular weight excluding hydrogens is 568 g/mol. The Morgan fingerprint density at radius 3 is 2.51 bits per heavy atom. The molecule has 1 aromatic heterocycles. The van der Waals surface area contributed by atoms with Crippen LogP contribution < -0.4 is 5.32 Å². The van der Waals surface area contributed by atoms with Gasteiger partial charge in [-0.25, -0.2) is 13.4 Å². The van der Waals surface area contributed by atoms with E-state index in [9.17, 15) is 18.0 Å². The Balaban J connectivity index is 1.29. The highest BCUT2D eigenvalue weighted by Crippen LogP contribution is 2.24. The van der Waals surface area contributed by atoms with Crippen LogP contribution in [0.2, 0.25) is 0 Å². The summed E-state index contributed by atoms with van der Waals surface area (Å²) in [5.74, 6) is -0.338. The van der Waals surface area contributed by atoms with Crippen molar-refractivity contribution >= 4 is 43.8 Å². The van der Waals surface area contributed by atoms with Crippen molar-refractivity contribution in [3.8, 4) is 0 Å². The van der Waals surface area contributed by atoms with E-state index in [1.54, 1.807) is 30.3 Å². The molecule has 5 rings (SSSR count). The molecule has 41 heavy (non-hydrogen) atoms. The van der Waals surface area contributed by atoms with Crippen molar-refractivity contribution in [2.45, 2.75) is 43.0 Å². The summed E-state index contributed by atoms with van der Waals surface area (Å²) >= 11 is 1.40. The van der Waals surface area contributed by atoms with Gasteiger partial charge < -0.3 is 14.4 Å². The van der Waals surface area contributed by atoms with Crippen LogP contribution in [-0.4, -0.2) is 116 Å². The van der Waals surface area contributed by atoms with E-state index in [4.69, 9.17) is 9.47 Å². The van der Waals surface area contributed by atoms with E-state index in [1.165, 1.54) is 23.5 Å². The lowest BCUT2D eigenvalue weighted by atomic mass is 10.1. The molecular formula is C27H36N6O6S2. The molecule has 222 valence electrons. The molecule has 0 unspecified atom stereocenters. The number of anilines is 1. The molecule has 2 atom stereocenters. The number of nitrogens with one attached hydrogen (secondary N) is 1. The Bertz CT molecular complexity index is 1370. The normalized spacial score (nSPS) is 22.6. The molecule has 1 N–H and O–H groups in total. The Morgan fingerprint density at radius 1 is 1.10 bits per heavy atom. The van der Waals surface area contributed by atoms with E-state index in [2.05, 4.69) is 20.3 Å². The van der Waals surface area contributed by atoms with E-state index in [0.29, 0.717) is 63.1 Å². The topological polar surface area (TPSA) is 134 Å². The van der Waals surface area contributed by atoms with Gasteiger partial charge in [0.05, 0.1) is 43.1 Å². The van der Waals surface area contributed by atoms with Crippen LogP contribution in [0.25, 0.3) is 0 Å². The number of carbonyl (C=O) groups is 2. The third kappa shape index (κ3) is 7.12. The number of carbonyl (C=O) groups excluding carboxylic acids is 2. The van der Waals surface area contributed by atoms with Crippen molar-refractivity contribution < 1.29 is 27.5 Å². The van der Waals surface area contributed by atoms with Gasteiger partial charge in [0.25, 0.3) is 5.91 Å². The van der Waals surface area contributed by atoms with E-state index >= 15 is 0 Å². The molecule has 4 heterocycles. The number of benzene rings is 1. The summed E-state index contributed by atoms with van der Waals surface area (Å²) in [4.78, 5) is 35.1. The number of aromatic nitrogens is 1. The summed E-state index contributed by atoms with van der Waals surface area (Å²) < 4.78 is 36.6. The second-order valence-corrected chi connectivity index (χ2v) is 13.8. The van der Waals surface area contributed by atoms with Gasteiger partial charge >= 0.3 is 0 Å². The van der Waals surface area contributed by atoms with Gasteiger partial charge in [-0.2, -0.15) is 5.10 Å². The van der Waals surface area contributed by atoms with E-state index in [0.717, 1.165) is 18.0 Å². The maximum atomic E-state index is 13.5. The minimum Gasteiger partial charge on any atom is -0.380 e. The zero-order chi connectivity index (χ0) is 29.0. The van der Waals surface area contributed by atoms with Crippen LogP contribution in [0, 0.1) is 0 Å². The maximum Gasteiger partial charge on any atom is 0.278 e. The first kappa shape index (κ1) is 29.6. The minimum atomic E-state index is -3.52. The van der Waals surface area contributed by atoms with Gasteiger partial charge in [0.15, 0.2) is 20.7 Å². The highest BCUT2D eigenvalue weighted by Gasteiger charge is 2.31. The van der Waals surface area contributed by atoms with Crippen LogP contribution in [-0.2, 0) is 35.4 Å². The molecule has 3 aliphatic heterocycles. The number of hydrogen-bond acceptors (Lipinski definition) is 11. The highest BCUT2D eigenvalue weighted by molar-refractivity contribution is 7.92. The fourth-order valence-corrected chi connectivity index (χ4v) is 7.67. The predicted octanol–water partition coefficient (Wildman–Crippen LogP) is 1.43. The van der Waals surface area contributed by atoms with Crippen LogP contribution in [0.3, 0.4) is 0 Å². The lowest BCUT2D eigenvalue weighted by molar-refractivity contribution is -0.133. The second kappa shape index (κ2) is 12.9. The summed E-state index contributed by atoms with van der Waals surface area (Å²) in [6, 6.07) is 6.44. The van der Waals surface area contributed by atoms with Crippen LogP contribution in [0.1, 0.15) is 30.7 Å². The second-order valence-electron chi connectivity index (χ2n) is 10.5. The Morgan fingerprint density at radius 2 is 1.85 bits per heavy atom. The van der Waals surface area contributed by atoms with Crippen molar-refractivity contribution in [2.24, 2.45) is 5.10 Å². The number of ether oxygens (including phenoxy) is 2. The van der Waals surface area contributed by atoms with Crippen LogP contribution in [0.4, 0.5) is 5.13 Å². The van der Waals surface area contributed by atoms with Crippen molar-refractivity contribution in [3.05, 3.63) is 40.9 Å². The SMILES string of the molecule is CC(=O)N1CCN(Cc2cnc(NC(=O)C(=NN3CCOCC3)c3ccc(S(=O)(=O)[C@H]4CCOC4)cc3)s2)C[C@@H]1C. The smallest absolute Gasteiger partial charge is 0.278 e. The van der Waals surface area contributed by atoms with Gasteiger partial charge in [-0.05, 0) is 25.5 Å². The van der Waals surface area contributed by atoms with E-state index in [-0.39, 0.29) is 29.2 Å². The maximum absolute atomic E-state index is 13.5. The van der Waals surface area contributed by atoms with Crippen molar-refractivity contribution in [3.63, 3.8) is 0 Å². The molecule has 3 aliphatic rings. The minimum absolute atomic E-state index is 0.0918. The van der Waals surface area contributed by atoms with Gasteiger partial charge in [-0.15, -0.1) is 11.3 Å². The van der Waals surface area contributed by atoms with Gasteiger partial charge in [-0.1, -0.05) is 12.1 Å². The standard InChI is InChI=1S/C27H36N6O6S2/c1-19-16-31(8-9-33(19)20(2)34)17-22-15-28-27(40-22)29-26(35)25(30-32-10-13-38-14-11-32)21-3-5-23(6-4-21)41(36,37)24-7-12-39-18-24/h3-6,15,19,24H,7-14,16-18H2,1-2H3,(H,28,29,35)/t19-,24-/m0/s1. The number of rotatable bonds is 8. The molecule has 14 heteroatoms. The Labute approximate surface area is 244 Å². The quantitative estimate of drug-likeness (QED) is 0.444. The first-order chi connectivity index (χ1) is 19.7. The number of amides is 2. The van der Waals surface area contributed by atoms with E-state index < -0.39 is 21.0 Å². The molecule has 0 bridgehead atoms. The molecule has 2 aromatic rings. The first-order valence-corrected chi connectivity index (χ1v) is 16.2. The van der Waals surface area contributed by atoms with Gasteiger partial charge in [-0.3, -0.25) is 24.8 Å². The Kier molecular flexibility index (Phi) is 9.34. The fourth-order valence-electron chi connectivity index (χ4n) is 5.24. The van der Waals surface area contributed by atoms with Crippen molar-refractivity contribution in [1.29, 1.82) is 0 Å². The zero-order valence-electron chi connectivity index (χ0n) is 23.3. The van der Waals surface area contributed by atoms with Gasteiger partial charge in [0.2, 0.25) is 5.91 Å². The summed E-state index contributed by atoms with van der Waals surface area (Å²) in [7, 11) is -3.52. The zero-order valence-corrected chi connectivity index (χ0v) is 25.0. The number of thiazole rings is 1. The third-order valence-electron chi connectivity index (χ3n) is 7.50. The van der Waals surface area contributed by atoms with Crippen LogP contribution in [0.15, 0.2) is 40.5 Å². The molecule has 3 fully saturated rings. The molecule has 0 saturated carbocycles. The first-order valence-electron chi connectivity index (χ1n) is 13.8. The number of hydrazone groups is 1. The number of piperazine rings is 1.